The molecule has 0 saturated heterocycles. The third-order valence-electron chi connectivity index (χ3n) is 5.35. The molecule has 0 saturated carbocycles. The van der Waals surface area contributed by atoms with Crippen LogP contribution in [0.1, 0.15) is 28.3 Å². The van der Waals surface area contributed by atoms with E-state index in [-0.39, 0.29) is 6.61 Å². The molecule has 0 aliphatic carbocycles. The summed E-state index contributed by atoms with van der Waals surface area (Å²) in [6.45, 7) is -0.0754. The Labute approximate surface area is 209 Å². The summed E-state index contributed by atoms with van der Waals surface area (Å²) in [6.07, 6.45) is -0.203. The topological polar surface area (TPSA) is 85.3 Å². The van der Waals surface area contributed by atoms with Crippen LogP contribution in [-0.2, 0) is 27.4 Å². The molecule has 1 aliphatic rings. The number of carbonyl (C=O) groups excluding carboxylic acids is 1. The van der Waals surface area contributed by atoms with Crippen molar-refractivity contribution >= 4 is 39.7 Å². The summed E-state index contributed by atoms with van der Waals surface area (Å²) in [7, 11) is 0. The highest BCUT2D eigenvalue weighted by molar-refractivity contribution is 9.10. The van der Waals surface area contributed by atoms with E-state index in [9.17, 15) is 9.59 Å². The van der Waals surface area contributed by atoms with Crippen LogP contribution in [0.4, 0.5) is 4.79 Å². The van der Waals surface area contributed by atoms with E-state index < -0.39 is 24.8 Å². The number of rotatable bonds is 7. The van der Waals surface area contributed by atoms with Crippen LogP contribution >= 0.6 is 27.5 Å². The van der Waals surface area contributed by atoms with Gasteiger partial charge in [-0.2, -0.15) is 0 Å². The molecule has 0 spiro atoms. The van der Waals surface area contributed by atoms with Crippen molar-refractivity contribution in [2.45, 2.75) is 19.1 Å². The number of ether oxygens (including phenoxy) is 2. The second-order valence-electron chi connectivity index (χ2n) is 7.58. The highest BCUT2D eigenvalue weighted by Gasteiger charge is 2.34. The van der Waals surface area contributed by atoms with Gasteiger partial charge in [0.25, 0.3) is 0 Å². The molecule has 3 aromatic carbocycles. The van der Waals surface area contributed by atoms with Gasteiger partial charge < -0.3 is 19.4 Å². The van der Waals surface area contributed by atoms with Gasteiger partial charge in [-0.05, 0) is 41.8 Å². The van der Waals surface area contributed by atoms with E-state index >= 15 is 0 Å². The molecule has 9 heteroatoms. The van der Waals surface area contributed by atoms with Gasteiger partial charge in [0.05, 0.1) is 6.04 Å². The van der Waals surface area contributed by atoms with Crippen molar-refractivity contribution < 1.29 is 29.0 Å². The maximum Gasteiger partial charge on any atom is 0.528 e. The van der Waals surface area contributed by atoms with Gasteiger partial charge in [-0.25, -0.2) is 9.59 Å². The van der Waals surface area contributed by atoms with E-state index in [0.29, 0.717) is 29.3 Å². The van der Waals surface area contributed by atoms with Gasteiger partial charge in [-0.1, -0.05) is 70.0 Å². The molecular formula is C25H21BrClNO6. The predicted octanol–water partition coefficient (Wildman–Crippen LogP) is 5.78. The lowest BCUT2D eigenvalue weighted by Crippen LogP contribution is -2.38. The number of carboxylic acids is 1. The molecule has 1 aliphatic heterocycles. The van der Waals surface area contributed by atoms with Crippen LogP contribution in [0.3, 0.4) is 0 Å². The van der Waals surface area contributed by atoms with E-state index in [1.165, 1.54) is 5.06 Å². The number of halogens is 2. The largest absolute Gasteiger partial charge is 0.528 e. The molecule has 1 unspecified atom stereocenters. The number of aliphatic carboxylic acids is 1. The minimum Gasteiger partial charge on any atom is -0.482 e. The summed E-state index contributed by atoms with van der Waals surface area (Å²) in [5.74, 6) is -0.766. The smallest absolute Gasteiger partial charge is 0.482 e. The maximum absolute atomic E-state index is 12.6. The first-order valence-corrected chi connectivity index (χ1v) is 11.7. The summed E-state index contributed by atoms with van der Waals surface area (Å²) < 4.78 is 11.7. The van der Waals surface area contributed by atoms with E-state index in [2.05, 4.69) is 15.9 Å². The number of carbonyl (C=O) groups is 2. The normalized spacial score (nSPS) is 15.3. The van der Waals surface area contributed by atoms with Crippen molar-refractivity contribution in [3.63, 3.8) is 0 Å². The molecule has 0 amide bonds. The number of nitrogens with zero attached hydrogens (tertiary/aromatic N) is 1. The summed E-state index contributed by atoms with van der Waals surface area (Å²) in [4.78, 5) is 29.4. The van der Waals surface area contributed by atoms with Crippen LogP contribution in [0, 0.1) is 0 Å². The quantitative estimate of drug-likeness (QED) is 0.376. The standard InChI is InChI=1S/C25H21BrClNO6/c26-21-8-4-2-6-17(21)14-33-25(31)34-28-12-11-16-5-1-3-7-19(16)24(28)20-13-18(27)9-10-22(20)32-15-23(29)30/h1-10,13,24H,11-12,14-15H2,(H,29,30). The molecule has 1 heterocycles. The first-order valence-electron chi connectivity index (χ1n) is 10.5. The van der Waals surface area contributed by atoms with Crippen molar-refractivity contribution in [3.8, 4) is 5.75 Å². The van der Waals surface area contributed by atoms with Gasteiger partial charge in [-0.3, -0.25) is 0 Å². The fourth-order valence-electron chi connectivity index (χ4n) is 3.84. The second-order valence-corrected chi connectivity index (χ2v) is 8.87. The van der Waals surface area contributed by atoms with Gasteiger partial charge >= 0.3 is 12.1 Å². The third-order valence-corrected chi connectivity index (χ3v) is 6.36. The van der Waals surface area contributed by atoms with Crippen molar-refractivity contribution in [1.29, 1.82) is 0 Å². The first kappa shape index (κ1) is 24.1. The first-order chi connectivity index (χ1) is 16.4. The lowest BCUT2D eigenvalue weighted by molar-refractivity contribution is -0.152. The highest BCUT2D eigenvalue weighted by Crippen LogP contribution is 2.40. The summed E-state index contributed by atoms with van der Waals surface area (Å²) in [5, 5.41) is 11.0. The summed E-state index contributed by atoms with van der Waals surface area (Å²) >= 11 is 9.72. The zero-order valence-corrected chi connectivity index (χ0v) is 20.3. The second kappa shape index (κ2) is 10.9. The van der Waals surface area contributed by atoms with Crippen molar-refractivity contribution in [1.82, 2.24) is 5.06 Å². The van der Waals surface area contributed by atoms with Crippen LogP contribution < -0.4 is 4.74 Å². The Kier molecular flexibility index (Phi) is 7.72. The van der Waals surface area contributed by atoms with Crippen LogP contribution in [0.2, 0.25) is 5.02 Å². The fourth-order valence-corrected chi connectivity index (χ4v) is 4.42. The SMILES string of the molecule is O=C(O)COc1ccc(Cl)cc1C1c2ccccc2CCN1OC(=O)OCc1ccccc1Br. The zero-order valence-electron chi connectivity index (χ0n) is 17.9. The van der Waals surface area contributed by atoms with Crippen molar-refractivity contribution in [3.05, 3.63) is 98.5 Å². The number of hydrogen-bond acceptors (Lipinski definition) is 6. The van der Waals surface area contributed by atoms with Crippen molar-refractivity contribution in [2.75, 3.05) is 13.2 Å². The van der Waals surface area contributed by atoms with E-state index in [0.717, 1.165) is 21.2 Å². The van der Waals surface area contributed by atoms with E-state index in [1.54, 1.807) is 18.2 Å². The number of hydrogen-bond donors (Lipinski definition) is 1. The molecule has 1 N–H and O–H groups in total. The monoisotopic (exact) mass is 545 g/mol. The average Bonchev–Trinajstić information content (AvgIpc) is 2.82. The Hall–Kier alpha value is -3.07. The Bertz CT molecular complexity index is 1200. The molecule has 1 atom stereocenters. The van der Waals surface area contributed by atoms with E-state index in [4.69, 9.17) is 31.0 Å². The molecule has 0 radical (unpaired) electrons. The number of benzene rings is 3. The van der Waals surface area contributed by atoms with E-state index in [1.807, 2.05) is 48.5 Å². The molecule has 4 rings (SSSR count). The van der Waals surface area contributed by atoms with Crippen LogP contribution in [-0.4, -0.2) is 35.4 Å². The highest BCUT2D eigenvalue weighted by atomic mass is 79.9. The zero-order chi connectivity index (χ0) is 24.1. The number of fused-ring (bicyclic) bond motifs is 1. The van der Waals surface area contributed by atoms with Crippen LogP contribution in [0.15, 0.2) is 71.2 Å². The Balaban J connectivity index is 1.61. The van der Waals surface area contributed by atoms with Gasteiger partial charge in [0.2, 0.25) is 0 Å². The summed E-state index contributed by atoms with van der Waals surface area (Å²) in [5.41, 5.74) is 3.37. The molecule has 0 bridgehead atoms. The minimum atomic E-state index is -1.10. The predicted molar refractivity (Wildman–Crippen MR) is 129 cm³/mol. The van der Waals surface area contributed by atoms with Crippen molar-refractivity contribution in [2.24, 2.45) is 0 Å². The number of carboxylic acid groups (broad SMARTS) is 1. The average molecular weight is 547 g/mol. The third kappa shape index (κ3) is 5.70. The van der Waals surface area contributed by atoms with Gasteiger partial charge in [0, 0.05) is 27.2 Å². The molecular weight excluding hydrogens is 526 g/mol. The molecule has 34 heavy (non-hydrogen) atoms. The lowest BCUT2D eigenvalue weighted by atomic mass is 9.89. The van der Waals surface area contributed by atoms with Crippen LogP contribution in [0.5, 0.6) is 5.75 Å². The molecule has 0 fully saturated rings. The molecule has 176 valence electrons. The van der Waals surface area contributed by atoms with Gasteiger partial charge in [-0.15, -0.1) is 5.06 Å². The maximum atomic E-state index is 12.6. The number of hydroxylamine groups is 2. The Morgan fingerprint density at radius 3 is 2.62 bits per heavy atom. The molecule has 3 aromatic rings. The molecule has 0 aromatic heterocycles. The van der Waals surface area contributed by atoms with Gasteiger partial charge in [0.15, 0.2) is 6.61 Å². The Morgan fingerprint density at radius 2 is 1.82 bits per heavy atom. The lowest BCUT2D eigenvalue weighted by Gasteiger charge is -2.36. The fraction of sp³-hybridized carbons (Fsp3) is 0.200. The minimum absolute atomic E-state index is 0.0412. The molecule has 7 nitrogen and oxygen atoms in total. The van der Waals surface area contributed by atoms with Crippen LogP contribution in [0.25, 0.3) is 0 Å². The van der Waals surface area contributed by atoms with Gasteiger partial charge in [0.1, 0.15) is 12.4 Å². The Morgan fingerprint density at radius 1 is 1.06 bits per heavy atom. The summed E-state index contributed by atoms with van der Waals surface area (Å²) in [6, 6.07) is 19.6.